The van der Waals surface area contributed by atoms with Gasteiger partial charge in [-0.05, 0) is 42.3 Å². The molecule has 198 valence electrons. The van der Waals surface area contributed by atoms with Crippen LogP contribution in [0.1, 0.15) is 66.5 Å². The maximum absolute atomic E-state index is 12.3. The fourth-order valence-electron chi connectivity index (χ4n) is 3.21. The Morgan fingerprint density at radius 2 is 1.08 bits per heavy atom. The molecule has 0 heterocycles. The second kappa shape index (κ2) is 13.4. The Kier molecular flexibility index (Phi) is 10.6. The Balaban J connectivity index is 1.92. The normalized spacial score (nSPS) is 11.0. The molecule has 0 spiro atoms. The van der Waals surface area contributed by atoms with E-state index in [1.54, 1.807) is 38.1 Å². The van der Waals surface area contributed by atoms with Gasteiger partial charge >= 0.3 is 23.9 Å². The Labute approximate surface area is 217 Å². The van der Waals surface area contributed by atoms with Crippen LogP contribution in [0.3, 0.4) is 0 Å². The zero-order chi connectivity index (χ0) is 27.6. The number of hydrogen-bond acceptors (Lipinski definition) is 8. The van der Waals surface area contributed by atoms with E-state index in [4.69, 9.17) is 18.9 Å². The number of carbonyl (C=O) groups is 4. The second-order valence-corrected chi connectivity index (χ2v) is 9.29. The average Bonchev–Trinajstić information content (AvgIpc) is 2.88. The van der Waals surface area contributed by atoms with Crippen molar-refractivity contribution < 1.29 is 38.1 Å². The summed E-state index contributed by atoms with van der Waals surface area (Å²) in [6, 6.07) is 14.1. The molecule has 0 unspecified atom stereocenters. The largest absolute Gasteiger partial charge is 0.462 e. The summed E-state index contributed by atoms with van der Waals surface area (Å²) >= 11 is 0. The third kappa shape index (κ3) is 8.59. The summed E-state index contributed by atoms with van der Waals surface area (Å²) in [6.45, 7) is 12.5. The minimum absolute atomic E-state index is 0.0138. The monoisotopic (exact) mass is 510 g/mol. The molecule has 8 nitrogen and oxygen atoms in total. The lowest BCUT2D eigenvalue weighted by atomic mass is 9.78. The van der Waals surface area contributed by atoms with Crippen molar-refractivity contribution in [3.63, 3.8) is 0 Å². The third-order valence-electron chi connectivity index (χ3n) is 5.61. The van der Waals surface area contributed by atoms with E-state index in [2.05, 4.69) is 6.58 Å². The van der Waals surface area contributed by atoms with Crippen LogP contribution in [-0.2, 0) is 34.0 Å². The van der Waals surface area contributed by atoms with Gasteiger partial charge in [0.15, 0.2) is 0 Å². The molecule has 0 saturated carbocycles. The van der Waals surface area contributed by atoms with E-state index in [-0.39, 0.29) is 43.9 Å². The molecule has 0 aliphatic carbocycles. The highest BCUT2D eigenvalue weighted by atomic mass is 16.6. The van der Waals surface area contributed by atoms with E-state index in [0.29, 0.717) is 11.1 Å². The zero-order valence-electron chi connectivity index (χ0n) is 22.0. The van der Waals surface area contributed by atoms with Crippen molar-refractivity contribution in [2.45, 2.75) is 40.0 Å². The van der Waals surface area contributed by atoms with Gasteiger partial charge in [0.1, 0.15) is 26.4 Å². The molecule has 0 amide bonds. The van der Waals surface area contributed by atoms with Crippen LogP contribution in [0.25, 0.3) is 0 Å². The molecule has 2 rings (SSSR count). The molecule has 2 aromatic carbocycles. The molecular formula is C29H34O8. The summed E-state index contributed by atoms with van der Waals surface area (Å²) in [7, 11) is 0. The number of carbonyl (C=O) groups excluding carboxylic acids is 4. The van der Waals surface area contributed by atoms with Crippen LogP contribution in [0.5, 0.6) is 0 Å². The summed E-state index contributed by atoms with van der Waals surface area (Å²) in [4.78, 5) is 47.3. The van der Waals surface area contributed by atoms with E-state index in [0.717, 1.165) is 11.1 Å². The molecule has 0 aromatic heterocycles. The Bertz CT molecular complexity index is 1110. The fraction of sp³-hybridized carbons (Fsp3) is 0.379. The molecule has 0 aliphatic rings. The minimum Gasteiger partial charge on any atom is -0.462 e. The van der Waals surface area contributed by atoms with Crippen molar-refractivity contribution in [3.05, 3.63) is 82.9 Å². The molecule has 2 aromatic rings. The number of esters is 4. The van der Waals surface area contributed by atoms with Crippen LogP contribution in [0, 0.1) is 5.92 Å². The molecule has 0 saturated heterocycles. The van der Waals surface area contributed by atoms with Gasteiger partial charge < -0.3 is 18.9 Å². The van der Waals surface area contributed by atoms with Crippen LogP contribution >= 0.6 is 0 Å². The predicted molar refractivity (Wildman–Crippen MR) is 137 cm³/mol. The highest BCUT2D eigenvalue weighted by Gasteiger charge is 2.24. The first-order valence-electron chi connectivity index (χ1n) is 12.0. The zero-order valence-corrected chi connectivity index (χ0v) is 22.0. The topological polar surface area (TPSA) is 105 Å². The standard InChI is InChI=1S/C29H34O8/c1-19(2)25(30)34-15-17-36-27(32)21-7-11-23(12-8-21)29(5,6)24-13-9-22(10-14-24)28(33)37-18-16-35-26(31)20(3)4/h7-14,20H,1,15-18H2,2-6H3. The molecule has 0 aliphatic heterocycles. The summed E-state index contributed by atoms with van der Waals surface area (Å²) in [5, 5.41) is 0. The Hall–Kier alpha value is -3.94. The van der Waals surface area contributed by atoms with Gasteiger partial charge in [-0.25, -0.2) is 14.4 Å². The second-order valence-electron chi connectivity index (χ2n) is 9.29. The molecule has 37 heavy (non-hydrogen) atoms. The maximum atomic E-state index is 12.3. The van der Waals surface area contributed by atoms with Gasteiger partial charge in [-0.3, -0.25) is 4.79 Å². The SMILES string of the molecule is C=C(C)C(=O)OCCOC(=O)c1ccc(C(C)(C)c2ccc(C(=O)OCCOC(=O)C(C)C)cc2)cc1. The van der Waals surface area contributed by atoms with Gasteiger partial charge in [0.25, 0.3) is 0 Å². The lowest BCUT2D eigenvalue weighted by molar-refractivity contribution is -0.148. The van der Waals surface area contributed by atoms with E-state index in [1.165, 1.54) is 6.92 Å². The maximum Gasteiger partial charge on any atom is 0.338 e. The number of hydrogen-bond donors (Lipinski definition) is 0. The Morgan fingerprint density at radius 1 is 0.703 bits per heavy atom. The number of ether oxygens (including phenoxy) is 4. The summed E-state index contributed by atoms with van der Waals surface area (Å²) in [6.07, 6.45) is 0. The first kappa shape index (κ1) is 29.3. The number of rotatable bonds is 12. The molecule has 0 fully saturated rings. The molecule has 0 N–H and O–H groups in total. The van der Waals surface area contributed by atoms with Crippen LogP contribution < -0.4 is 0 Å². The molecule has 0 atom stereocenters. The Morgan fingerprint density at radius 3 is 1.46 bits per heavy atom. The van der Waals surface area contributed by atoms with Crippen LogP contribution in [0.15, 0.2) is 60.7 Å². The first-order chi connectivity index (χ1) is 17.4. The fourth-order valence-corrected chi connectivity index (χ4v) is 3.21. The quantitative estimate of drug-likeness (QED) is 0.176. The molecule has 8 heteroatoms. The highest BCUT2D eigenvalue weighted by Crippen LogP contribution is 2.32. The molecule has 0 radical (unpaired) electrons. The summed E-state index contributed by atoms with van der Waals surface area (Å²) in [5.41, 5.74) is 2.56. The van der Waals surface area contributed by atoms with Gasteiger partial charge in [0.05, 0.1) is 17.0 Å². The average molecular weight is 511 g/mol. The summed E-state index contributed by atoms with van der Waals surface area (Å²) in [5.74, 6) is -2.12. The van der Waals surface area contributed by atoms with Crippen molar-refractivity contribution in [2.75, 3.05) is 26.4 Å². The van der Waals surface area contributed by atoms with Crippen LogP contribution in [-0.4, -0.2) is 50.3 Å². The third-order valence-corrected chi connectivity index (χ3v) is 5.61. The lowest BCUT2D eigenvalue weighted by Crippen LogP contribution is -2.20. The van der Waals surface area contributed by atoms with Crippen LogP contribution in [0.2, 0.25) is 0 Å². The van der Waals surface area contributed by atoms with Gasteiger partial charge in [-0.15, -0.1) is 0 Å². The van der Waals surface area contributed by atoms with E-state index >= 15 is 0 Å². The van der Waals surface area contributed by atoms with Gasteiger partial charge in [-0.1, -0.05) is 58.5 Å². The molecular weight excluding hydrogens is 476 g/mol. The van der Waals surface area contributed by atoms with Crippen molar-refractivity contribution in [1.29, 1.82) is 0 Å². The van der Waals surface area contributed by atoms with E-state index in [1.807, 2.05) is 38.1 Å². The highest BCUT2D eigenvalue weighted by molar-refractivity contribution is 5.90. The van der Waals surface area contributed by atoms with E-state index in [9.17, 15) is 19.2 Å². The minimum atomic E-state index is -0.531. The first-order valence-corrected chi connectivity index (χ1v) is 12.0. The van der Waals surface area contributed by atoms with Crippen molar-refractivity contribution in [2.24, 2.45) is 5.92 Å². The van der Waals surface area contributed by atoms with Crippen molar-refractivity contribution in [1.82, 2.24) is 0 Å². The lowest BCUT2D eigenvalue weighted by Gasteiger charge is -2.26. The van der Waals surface area contributed by atoms with Crippen molar-refractivity contribution >= 4 is 23.9 Å². The number of benzene rings is 2. The van der Waals surface area contributed by atoms with E-state index < -0.39 is 23.3 Å². The smallest absolute Gasteiger partial charge is 0.338 e. The van der Waals surface area contributed by atoms with Crippen molar-refractivity contribution in [3.8, 4) is 0 Å². The van der Waals surface area contributed by atoms with Crippen LogP contribution in [0.4, 0.5) is 0 Å². The molecule has 0 bridgehead atoms. The predicted octanol–water partition coefficient (Wildman–Crippen LogP) is 4.64. The van der Waals surface area contributed by atoms with Gasteiger partial charge in [-0.2, -0.15) is 0 Å². The van der Waals surface area contributed by atoms with Gasteiger partial charge in [0, 0.05) is 11.0 Å². The van der Waals surface area contributed by atoms with Gasteiger partial charge in [0.2, 0.25) is 0 Å². The summed E-state index contributed by atoms with van der Waals surface area (Å²) < 4.78 is 20.2.